The van der Waals surface area contributed by atoms with Crippen molar-refractivity contribution in [2.75, 3.05) is 31.5 Å². The number of esters is 1. The number of nitrogens with zero attached hydrogens (tertiary/aromatic N) is 2. The number of ether oxygens (including phenoxy) is 1. The largest absolute Gasteiger partial charge is 0.458 e. The fourth-order valence-corrected chi connectivity index (χ4v) is 7.80. The molecule has 1 saturated heterocycles. The molecule has 0 radical (unpaired) electrons. The molecule has 234 valence electrons. The Kier molecular flexibility index (Phi) is 10.2. The van der Waals surface area contributed by atoms with Gasteiger partial charge in [0.25, 0.3) is 5.91 Å². The van der Waals surface area contributed by atoms with Crippen molar-refractivity contribution in [3.05, 3.63) is 95.6 Å². The Morgan fingerprint density at radius 3 is 2.34 bits per heavy atom. The van der Waals surface area contributed by atoms with Gasteiger partial charge in [0.05, 0.1) is 16.1 Å². The number of amides is 1. The van der Waals surface area contributed by atoms with Crippen LogP contribution in [0.15, 0.2) is 83.8 Å². The molecule has 3 aromatic carbocycles. The van der Waals surface area contributed by atoms with E-state index in [0.29, 0.717) is 49.6 Å². The monoisotopic (exact) mass is 617 g/mol. The molecule has 1 saturated carbocycles. The summed E-state index contributed by atoms with van der Waals surface area (Å²) >= 11 is 0. The average molecular weight is 618 g/mol. The van der Waals surface area contributed by atoms with Crippen LogP contribution in [0.5, 0.6) is 0 Å². The van der Waals surface area contributed by atoms with E-state index in [2.05, 4.69) is 43.1 Å². The van der Waals surface area contributed by atoms with Crippen LogP contribution >= 0.6 is 0 Å². The summed E-state index contributed by atoms with van der Waals surface area (Å²) in [5, 5.41) is 2.82. The van der Waals surface area contributed by atoms with Gasteiger partial charge in [-0.25, -0.2) is 13.2 Å². The van der Waals surface area contributed by atoms with Crippen LogP contribution in [0.25, 0.3) is 0 Å². The van der Waals surface area contributed by atoms with Crippen molar-refractivity contribution in [1.29, 1.82) is 0 Å². The molecule has 3 atom stereocenters. The summed E-state index contributed by atoms with van der Waals surface area (Å²) in [6.07, 6.45) is 2.81. The Hall–Kier alpha value is -3.53. The maximum Gasteiger partial charge on any atom is 0.340 e. The van der Waals surface area contributed by atoms with Gasteiger partial charge < -0.3 is 10.1 Å². The van der Waals surface area contributed by atoms with Gasteiger partial charge in [0, 0.05) is 38.3 Å². The summed E-state index contributed by atoms with van der Waals surface area (Å²) in [5.41, 5.74) is 1.99. The first-order valence-corrected chi connectivity index (χ1v) is 17.0. The molecule has 1 aliphatic carbocycles. The predicted octanol–water partition coefficient (Wildman–Crippen LogP) is 6.06. The van der Waals surface area contributed by atoms with E-state index in [1.54, 1.807) is 36.4 Å². The first-order chi connectivity index (χ1) is 21.1. The molecule has 2 fully saturated rings. The van der Waals surface area contributed by atoms with Gasteiger partial charge in [-0.15, -0.1) is 0 Å². The molecule has 1 N–H and O–H groups in total. The standard InChI is InChI=1S/C35H43N3O5S/c1-25(2)30-17-16-26(3)22-33(30)43-35(40)31-14-7-8-15-32(31)36-34(39)28-12-9-13-29(23-28)44(41,42)38-20-18-37(19-21-38)24-27-10-5-4-6-11-27/h4-15,23,25-26,30,33H,16-22,24H2,1-3H3,(H,36,39)/t26-,30+,33-/m1/s1. The molecule has 2 aliphatic rings. The van der Waals surface area contributed by atoms with E-state index >= 15 is 0 Å². The molecule has 44 heavy (non-hydrogen) atoms. The molecule has 1 heterocycles. The predicted molar refractivity (Wildman–Crippen MR) is 172 cm³/mol. The van der Waals surface area contributed by atoms with Crippen molar-refractivity contribution >= 4 is 27.6 Å². The number of nitrogens with one attached hydrogen (secondary N) is 1. The fraction of sp³-hybridized carbons (Fsp3) is 0.429. The van der Waals surface area contributed by atoms with Crippen LogP contribution in [0.1, 0.15) is 66.3 Å². The number of piperazine rings is 1. The van der Waals surface area contributed by atoms with Crippen LogP contribution in [-0.2, 0) is 21.3 Å². The summed E-state index contributed by atoms with van der Waals surface area (Å²) in [4.78, 5) is 29.0. The third-order valence-electron chi connectivity index (χ3n) is 8.93. The lowest BCUT2D eigenvalue weighted by Crippen LogP contribution is -2.48. The topological polar surface area (TPSA) is 96.0 Å². The first-order valence-electron chi connectivity index (χ1n) is 15.6. The molecule has 0 bridgehead atoms. The third kappa shape index (κ3) is 7.57. The minimum Gasteiger partial charge on any atom is -0.458 e. The number of carbonyl (C=O) groups excluding carboxylic acids is 2. The van der Waals surface area contributed by atoms with E-state index in [9.17, 15) is 18.0 Å². The van der Waals surface area contributed by atoms with E-state index in [1.807, 2.05) is 18.2 Å². The van der Waals surface area contributed by atoms with E-state index in [0.717, 1.165) is 25.8 Å². The second kappa shape index (κ2) is 14.1. The third-order valence-corrected chi connectivity index (χ3v) is 10.8. The molecule has 0 unspecified atom stereocenters. The van der Waals surface area contributed by atoms with Gasteiger partial charge in [-0.3, -0.25) is 9.69 Å². The highest BCUT2D eigenvalue weighted by Crippen LogP contribution is 2.36. The van der Waals surface area contributed by atoms with Crippen LogP contribution in [0.2, 0.25) is 0 Å². The normalized spacial score (nSPS) is 21.6. The summed E-state index contributed by atoms with van der Waals surface area (Å²) < 4.78 is 34.6. The zero-order valence-corrected chi connectivity index (χ0v) is 26.6. The summed E-state index contributed by atoms with van der Waals surface area (Å²) in [6, 6.07) is 23.0. The summed E-state index contributed by atoms with van der Waals surface area (Å²) in [5.74, 6) is 0.222. The lowest BCUT2D eigenvalue weighted by Gasteiger charge is -2.36. The maximum absolute atomic E-state index is 13.5. The van der Waals surface area contributed by atoms with E-state index in [4.69, 9.17) is 4.74 Å². The van der Waals surface area contributed by atoms with Gasteiger partial charge in [0.1, 0.15) is 6.10 Å². The zero-order valence-electron chi connectivity index (χ0n) is 25.8. The Balaban J connectivity index is 1.25. The number of carbonyl (C=O) groups is 2. The van der Waals surface area contributed by atoms with Crippen LogP contribution in [0, 0.1) is 17.8 Å². The molecular formula is C35H43N3O5S. The number of rotatable bonds is 9. The first kappa shape index (κ1) is 31.9. The molecule has 0 spiro atoms. The van der Waals surface area contributed by atoms with Crippen LogP contribution in [0.4, 0.5) is 5.69 Å². The van der Waals surface area contributed by atoms with Gasteiger partial charge in [-0.2, -0.15) is 4.31 Å². The number of anilines is 1. The van der Waals surface area contributed by atoms with E-state index < -0.39 is 21.9 Å². The maximum atomic E-state index is 13.5. The molecule has 9 heteroatoms. The van der Waals surface area contributed by atoms with Gasteiger partial charge in [-0.05, 0) is 66.5 Å². The number of hydrogen-bond acceptors (Lipinski definition) is 6. The average Bonchev–Trinajstić information content (AvgIpc) is 3.02. The quantitative estimate of drug-likeness (QED) is 0.293. The van der Waals surface area contributed by atoms with Crippen molar-refractivity contribution in [2.45, 2.75) is 57.6 Å². The summed E-state index contributed by atoms with van der Waals surface area (Å²) in [6.45, 7) is 9.28. The molecule has 8 nitrogen and oxygen atoms in total. The van der Waals surface area contributed by atoms with Gasteiger partial charge in [-0.1, -0.05) is 75.7 Å². The highest BCUT2D eigenvalue weighted by molar-refractivity contribution is 7.89. The lowest BCUT2D eigenvalue weighted by molar-refractivity contribution is -0.0173. The van der Waals surface area contributed by atoms with Crippen molar-refractivity contribution in [3.8, 4) is 0 Å². The second-order valence-corrected chi connectivity index (χ2v) is 14.4. The molecule has 1 amide bonds. The Morgan fingerprint density at radius 1 is 0.909 bits per heavy atom. The van der Waals surface area contributed by atoms with Crippen molar-refractivity contribution < 1.29 is 22.7 Å². The SMILES string of the molecule is CC(C)[C@@H]1CC[C@@H](C)C[C@H]1OC(=O)c1ccccc1NC(=O)c1cccc(S(=O)(=O)N2CCN(Cc3ccccc3)CC2)c1. The van der Waals surface area contributed by atoms with Gasteiger partial charge in [0.2, 0.25) is 10.0 Å². The van der Waals surface area contributed by atoms with Crippen LogP contribution in [0.3, 0.4) is 0 Å². The minimum absolute atomic E-state index is 0.0699. The smallest absolute Gasteiger partial charge is 0.340 e. The van der Waals surface area contributed by atoms with Crippen LogP contribution in [-0.4, -0.2) is 61.8 Å². The molecule has 3 aromatic rings. The lowest BCUT2D eigenvalue weighted by atomic mass is 9.75. The fourth-order valence-electron chi connectivity index (χ4n) is 6.33. The van der Waals surface area contributed by atoms with Crippen LogP contribution < -0.4 is 5.32 Å². The highest BCUT2D eigenvalue weighted by atomic mass is 32.2. The molecule has 1 aliphatic heterocycles. The number of hydrogen-bond donors (Lipinski definition) is 1. The van der Waals surface area contributed by atoms with E-state index in [1.165, 1.54) is 22.0 Å². The van der Waals surface area contributed by atoms with E-state index in [-0.39, 0.29) is 22.1 Å². The number of benzene rings is 3. The van der Waals surface area contributed by atoms with Gasteiger partial charge in [0.15, 0.2) is 0 Å². The highest BCUT2D eigenvalue weighted by Gasteiger charge is 2.34. The molecular weight excluding hydrogens is 574 g/mol. The Labute approximate surface area is 261 Å². The Bertz CT molecular complexity index is 1550. The number of sulfonamides is 1. The van der Waals surface area contributed by atoms with Crippen molar-refractivity contribution in [2.24, 2.45) is 17.8 Å². The Morgan fingerprint density at radius 2 is 1.61 bits per heavy atom. The minimum atomic E-state index is -3.79. The summed E-state index contributed by atoms with van der Waals surface area (Å²) in [7, 11) is -3.79. The van der Waals surface area contributed by atoms with Gasteiger partial charge >= 0.3 is 5.97 Å². The zero-order chi connectivity index (χ0) is 31.3. The molecule has 0 aromatic heterocycles. The van der Waals surface area contributed by atoms with Crippen molar-refractivity contribution in [1.82, 2.24) is 9.21 Å². The second-order valence-electron chi connectivity index (χ2n) is 12.5. The van der Waals surface area contributed by atoms with Crippen molar-refractivity contribution in [3.63, 3.8) is 0 Å². The number of para-hydroxylation sites is 1. The molecule has 5 rings (SSSR count).